The molecule has 7 rings (SSSR count). The molecule has 10 heteroatoms. The highest BCUT2D eigenvalue weighted by atomic mass is 19.1. The Kier molecular flexibility index (Phi) is 6.02. The average Bonchev–Trinajstić information content (AvgIpc) is 3.35. The summed E-state index contributed by atoms with van der Waals surface area (Å²) in [6, 6.07) is 7.14. The summed E-state index contributed by atoms with van der Waals surface area (Å²) < 4.78 is 45.1. The van der Waals surface area contributed by atoms with Gasteiger partial charge in [0.1, 0.15) is 11.6 Å². The van der Waals surface area contributed by atoms with Crippen molar-refractivity contribution in [1.82, 2.24) is 9.97 Å². The Bertz CT molecular complexity index is 1650. The minimum atomic E-state index is -0.802. The van der Waals surface area contributed by atoms with Crippen molar-refractivity contribution in [3.8, 4) is 22.4 Å². The Morgan fingerprint density at radius 2 is 1.79 bits per heavy atom. The van der Waals surface area contributed by atoms with Crippen LogP contribution in [0.15, 0.2) is 42.6 Å². The van der Waals surface area contributed by atoms with Gasteiger partial charge in [0.25, 0.3) is 5.69 Å². The molecule has 0 radical (unpaired) electrons. The van der Waals surface area contributed by atoms with E-state index in [2.05, 4.69) is 27.1 Å². The van der Waals surface area contributed by atoms with Gasteiger partial charge in [-0.2, -0.15) is 0 Å². The predicted molar refractivity (Wildman–Crippen MR) is 142 cm³/mol. The topological polar surface area (TPSA) is 88.2 Å². The number of halogens is 3. The fraction of sp³-hybridized carbons (Fsp3) is 0.310. The Morgan fingerprint density at radius 1 is 1.10 bits per heavy atom. The number of fused-ring (bicyclic) bond motifs is 4. The van der Waals surface area contributed by atoms with Crippen LogP contribution in [0.5, 0.6) is 0 Å². The van der Waals surface area contributed by atoms with E-state index in [-0.39, 0.29) is 56.5 Å². The summed E-state index contributed by atoms with van der Waals surface area (Å²) in [5, 5.41) is 14.7. The number of nitro groups is 1. The zero-order chi connectivity index (χ0) is 27.4. The molecule has 2 atom stereocenters. The first-order chi connectivity index (χ1) is 18.8. The molecule has 2 heterocycles. The van der Waals surface area contributed by atoms with E-state index < -0.39 is 22.4 Å². The second kappa shape index (κ2) is 9.42. The van der Waals surface area contributed by atoms with Crippen LogP contribution in [0.25, 0.3) is 38.1 Å². The zero-order valence-corrected chi connectivity index (χ0v) is 21.0. The Balaban J connectivity index is 1.58. The lowest BCUT2D eigenvalue weighted by Crippen LogP contribution is -2.47. The average molecular weight is 532 g/mol. The van der Waals surface area contributed by atoms with Gasteiger partial charge in [0.05, 0.1) is 22.7 Å². The fourth-order valence-electron chi connectivity index (χ4n) is 6.47. The molecule has 2 N–H and O–H groups in total. The highest BCUT2D eigenvalue weighted by Crippen LogP contribution is 2.48. The Labute approximate surface area is 222 Å². The van der Waals surface area contributed by atoms with E-state index in [1.165, 1.54) is 30.5 Å². The third-order valence-electron chi connectivity index (χ3n) is 8.49. The van der Waals surface area contributed by atoms with E-state index >= 15 is 4.39 Å². The molecular formula is C29H24F3N5O2. The summed E-state index contributed by atoms with van der Waals surface area (Å²) in [6.07, 6.45) is 5.79. The van der Waals surface area contributed by atoms with E-state index in [4.69, 9.17) is 6.57 Å². The summed E-state index contributed by atoms with van der Waals surface area (Å²) in [5.41, 5.74) is 0.198. The van der Waals surface area contributed by atoms with Crippen LogP contribution in [-0.4, -0.2) is 20.9 Å². The molecule has 3 saturated carbocycles. The highest BCUT2D eigenvalue weighted by Gasteiger charge is 2.42. The Morgan fingerprint density at radius 3 is 2.44 bits per heavy atom. The number of nitro benzene ring substituents is 1. The number of non-ortho nitro benzene ring substituents is 1. The number of benzene rings is 2. The molecular weight excluding hydrogens is 507 g/mol. The van der Waals surface area contributed by atoms with Crippen LogP contribution in [0, 0.1) is 51.9 Å². The van der Waals surface area contributed by atoms with Crippen molar-refractivity contribution in [1.29, 1.82) is 0 Å². The molecule has 2 unspecified atom stereocenters. The number of H-pyrrole nitrogens is 1. The molecule has 3 fully saturated rings. The maximum Gasteiger partial charge on any atom is 0.269 e. The van der Waals surface area contributed by atoms with Crippen LogP contribution in [0.3, 0.4) is 0 Å². The van der Waals surface area contributed by atoms with Crippen molar-refractivity contribution in [2.75, 3.05) is 5.32 Å². The van der Waals surface area contributed by atoms with E-state index in [0.29, 0.717) is 17.8 Å². The number of rotatable bonds is 5. The van der Waals surface area contributed by atoms with E-state index in [0.717, 1.165) is 37.8 Å². The zero-order valence-electron chi connectivity index (χ0n) is 21.0. The maximum atomic E-state index is 16.3. The molecule has 7 nitrogen and oxygen atoms in total. The van der Waals surface area contributed by atoms with Crippen LogP contribution in [0.2, 0.25) is 0 Å². The molecule has 0 aliphatic heterocycles. The van der Waals surface area contributed by atoms with Crippen molar-refractivity contribution in [3.05, 3.63) is 81.6 Å². The van der Waals surface area contributed by atoms with Crippen LogP contribution >= 0.6 is 0 Å². The molecule has 0 amide bonds. The van der Waals surface area contributed by atoms with E-state index in [1.807, 2.05) is 0 Å². The monoisotopic (exact) mass is 531 g/mol. The normalized spacial score (nSPS) is 22.1. The smallest absolute Gasteiger partial charge is 0.269 e. The van der Waals surface area contributed by atoms with Crippen molar-refractivity contribution < 1.29 is 18.1 Å². The molecule has 39 heavy (non-hydrogen) atoms. The van der Waals surface area contributed by atoms with Gasteiger partial charge >= 0.3 is 0 Å². The first-order valence-corrected chi connectivity index (χ1v) is 12.9. The number of nitrogens with zero attached hydrogens (tertiary/aromatic N) is 3. The van der Waals surface area contributed by atoms with Gasteiger partial charge < -0.3 is 10.3 Å². The van der Waals surface area contributed by atoms with Gasteiger partial charge in [-0.3, -0.25) is 10.1 Å². The van der Waals surface area contributed by atoms with Crippen LogP contribution < -0.4 is 5.32 Å². The number of aromatic nitrogens is 2. The largest absolute Gasteiger partial charge is 0.364 e. The number of hydrogen-bond acceptors (Lipinski definition) is 4. The maximum absolute atomic E-state index is 16.3. The number of pyridine rings is 1. The van der Waals surface area contributed by atoms with Gasteiger partial charge in [0.15, 0.2) is 11.6 Å². The molecule has 2 bridgehead atoms. The summed E-state index contributed by atoms with van der Waals surface area (Å²) in [5.74, 6) is -1.22. The van der Waals surface area contributed by atoms with Gasteiger partial charge in [-0.25, -0.2) is 23.0 Å². The number of nitrogens with one attached hydrogen (secondary N) is 2. The van der Waals surface area contributed by atoms with Crippen molar-refractivity contribution >= 4 is 28.1 Å². The van der Waals surface area contributed by atoms with Crippen LogP contribution in [0.4, 0.5) is 30.4 Å². The molecule has 198 valence electrons. The van der Waals surface area contributed by atoms with Gasteiger partial charge in [-0.1, -0.05) is 6.92 Å². The SMILES string of the molecule is [C-]#[N+]c1c(-c2c[nH]c3c(F)cc(F)cc23)nc(NC2C3CCC(CC3)C2C)c(F)c1-c1ccc([N+](=O)[O-])cc1. The summed E-state index contributed by atoms with van der Waals surface area (Å²) in [7, 11) is 0. The van der Waals surface area contributed by atoms with Gasteiger partial charge in [0.2, 0.25) is 5.69 Å². The molecule has 0 spiro atoms. The quantitative estimate of drug-likeness (QED) is 0.155. The molecule has 2 aromatic heterocycles. The summed E-state index contributed by atoms with van der Waals surface area (Å²) in [6.45, 7) is 10.1. The summed E-state index contributed by atoms with van der Waals surface area (Å²) >= 11 is 0. The highest BCUT2D eigenvalue weighted by molar-refractivity contribution is 6.01. The Hall–Kier alpha value is -4.39. The van der Waals surface area contributed by atoms with Gasteiger partial charge in [0, 0.05) is 47.0 Å². The molecule has 4 aromatic rings. The molecule has 3 aliphatic rings. The third kappa shape index (κ3) is 4.09. The standard InChI is InChI=1S/C29H24F3N5O2/c1-14-15-3-5-17(6-4-15)25(14)35-29-24(32)23(16-7-9-19(10-8-16)37(38)39)28(33-2)27(36-29)21-13-34-26-20(21)11-18(30)12-22(26)31/h7-15,17,25,34H,3-6H2,1H3,(H,35,36). The fourth-order valence-corrected chi connectivity index (χ4v) is 6.47. The summed E-state index contributed by atoms with van der Waals surface area (Å²) in [4.78, 5) is 21.6. The minimum Gasteiger partial charge on any atom is -0.364 e. The van der Waals surface area contributed by atoms with E-state index in [9.17, 15) is 18.9 Å². The second-order valence-corrected chi connectivity index (χ2v) is 10.5. The third-order valence-corrected chi connectivity index (χ3v) is 8.49. The molecule has 3 aliphatic carbocycles. The van der Waals surface area contributed by atoms with Crippen LogP contribution in [0.1, 0.15) is 32.6 Å². The number of hydrogen-bond donors (Lipinski definition) is 2. The minimum absolute atomic E-state index is 0.0197. The van der Waals surface area contributed by atoms with Crippen molar-refractivity contribution in [3.63, 3.8) is 0 Å². The lowest BCUT2D eigenvalue weighted by molar-refractivity contribution is -0.384. The second-order valence-electron chi connectivity index (χ2n) is 10.5. The van der Waals surface area contributed by atoms with Crippen molar-refractivity contribution in [2.45, 2.75) is 38.6 Å². The lowest BCUT2D eigenvalue weighted by atomic mass is 9.62. The van der Waals surface area contributed by atoms with E-state index in [1.54, 1.807) is 0 Å². The molecule has 0 saturated heterocycles. The number of aromatic amines is 1. The predicted octanol–water partition coefficient (Wildman–Crippen LogP) is 8.01. The van der Waals surface area contributed by atoms with Crippen LogP contribution in [-0.2, 0) is 0 Å². The van der Waals surface area contributed by atoms with Gasteiger partial charge in [-0.05, 0) is 67.2 Å². The molecule has 2 aromatic carbocycles. The van der Waals surface area contributed by atoms with Crippen molar-refractivity contribution in [2.24, 2.45) is 17.8 Å². The number of anilines is 1. The lowest BCUT2D eigenvalue weighted by Gasteiger charge is -2.47. The first-order valence-electron chi connectivity index (χ1n) is 12.9. The first kappa shape index (κ1) is 24.9. The van der Waals surface area contributed by atoms with Gasteiger partial charge in [-0.15, -0.1) is 0 Å².